The van der Waals surface area contributed by atoms with E-state index in [9.17, 15) is 8.42 Å². The van der Waals surface area contributed by atoms with Crippen LogP contribution in [0.4, 0.5) is 0 Å². The molecular formula is C20H39N3O3S. The molecule has 1 aromatic rings. The lowest BCUT2D eigenvalue weighted by Crippen LogP contribution is -2.34. The molecule has 0 unspecified atom stereocenters. The highest BCUT2D eigenvalue weighted by Gasteiger charge is 2.24. The minimum Gasteiger partial charge on any atom is -0.383 e. The summed E-state index contributed by atoms with van der Waals surface area (Å²) in [5.41, 5.74) is 0.968. The topological polar surface area (TPSA) is 64.4 Å². The average molecular weight is 402 g/mol. The zero-order chi connectivity index (χ0) is 20.4. The Balaban J connectivity index is 3.05. The van der Waals surface area contributed by atoms with Gasteiger partial charge in [-0.15, -0.1) is 0 Å². The molecule has 0 saturated carbocycles. The van der Waals surface area contributed by atoms with Crippen LogP contribution in [0.25, 0.3) is 0 Å². The predicted octanol–water partition coefficient (Wildman–Crippen LogP) is 3.75. The second kappa shape index (κ2) is 11.8. The van der Waals surface area contributed by atoms with Crippen molar-refractivity contribution in [2.75, 3.05) is 26.0 Å². The van der Waals surface area contributed by atoms with Gasteiger partial charge in [-0.05, 0) is 39.0 Å². The van der Waals surface area contributed by atoms with Crippen molar-refractivity contribution in [3.05, 3.63) is 11.9 Å². The Hall–Kier alpha value is -0.920. The van der Waals surface area contributed by atoms with Crippen LogP contribution in [0.1, 0.15) is 66.0 Å². The highest BCUT2D eigenvalue weighted by atomic mass is 32.2. The largest absolute Gasteiger partial charge is 0.383 e. The molecule has 27 heavy (non-hydrogen) atoms. The van der Waals surface area contributed by atoms with Gasteiger partial charge in [0.2, 0.25) is 15.0 Å². The number of rotatable bonds is 14. The van der Waals surface area contributed by atoms with E-state index in [1.165, 1.54) is 0 Å². The van der Waals surface area contributed by atoms with E-state index in [0.717, 1.165) is 31.5 Å². The van der Waals surface area contributed by atoms with Gasteiger partial charge in [0.25, 0.3) is 0 Å². The molecule has 0 radical (unpaired) electrons. The Morgan fingerprint density at radius 1 is 1.22 bits per heavy atom. The van der Waals surface area contributed by atoms with Gasteiger partial charge in [0, 0.05) is 32.8 Å². The SMILES string of the molecule is CCCCn1c(CN(CCOC)C(C)C)cnc1S(=O)(=O)CCCC(C)C. The molecule has 158 valence electrons. The van der Waals surface area contributed by atoms with E-state index in [2.05, 4.69) is 44.5 Å². The van der Waals surface area contributed by atoms with Gasteiger partial charge in [-0.2, -0.15) is 0 Å². The predicted molar refractivity (Wildman–Crippen MR) is 111 cm³/mol. The Morgan fingerprint density at radius 3 is 2.48 bits per heavy atom. The molecule has 0 saturated heterocycles. The summed E-state index contributed by atoms with van der Waals surface area (Å²) in [5, 5.41) is 0.241. The lowest BCUT2D eigenvalue weighted by Gasteiger charge is -2.26. The molecule has 0 aromatic carbocycles. The Kier molecular flexibility index (Phi) is 10.6. The number of methoxy groups -OCH3 is 1. The maximum Gasteiger partial charge on any atom is 0.227 e. The second-order valence-corrected chi connectivity index (χ2v) is 9.95. The van der Waals surface area contributed by atoms with Crippen LogP contribution in [0.5, 0.6) is 0 Å². The monoisotopic (exact) mass is 401 g/mol. The van der Waals surface area contributed by atoms with Crippen LogP contribution in [0, 0.1) is 5.92 Å². The van der Waals surface area contributed by atoms with Gasteiger partial charge >= 0.3 is 0 Å². The normalized spacial score (nSPS) is 12.6. The fraction of sp³-hybridized carbons (Fsp3) is 0.850. The van der Waals surface area contributed by atoms with E-state index in [0.29, 0.717) is 38.1 Å². The summed E-state index contributed by atoms with van der Waals surface area (Å²) >= 11 is 0. The summed E-state index contributed by atoms with van der Waals surface area (Å²) in [6.45, 7) is 13.5. The van der Waals surface area contributed by atoms with Gasteiger partial charge in [0.1, 0.15) is 0 Å². The fourth-order valence-corrected chi connectivity index (χ4v) is 4.52. The van der Waals surface area contributed by atoms with E-state index < -0.39 is 9.84 Å². The first-order valence-corrected chi connectivity index (χ1v) is 11.9. The zero-order valence-corrected chi connectivity index (χ0v) is 18.9. The molecule has 0 spiro atoms. The number of aromatic nitrogens is 2. The van der Waals surface area contributed by atoms with Crippen LogP contribution in [-0.4, -0.2) is 54.9 Å². The molecular weight excluding hydrogens is 362 g/mol. The fourth-order valence-electron chi connectivity index (χ4n) is 3.03. The molecule has 0 aliphatic rings. The van der Waals surface area contributed by atoms with Gasteiger partial charge in [0.15, 0.2) is 0 Å². The maximum absolute atomic E-state index is 12.9. The van der Waals surface area contributed by atoms with Crippen LogP contribution >= 0.6 is 0 Å². The molecule has 0 aliphatic heterocycles. The van der Waals surface area contributed by atoms with Crippen molar-refractivity contribution in [2.24, 2.45) is 5.92 Å². The number of hydrogen-bond acceptors (Lipinski definition) is 5. The van der Waals surface area contributed by atoms with Crippen LogP contribution in [0.3, 0.4) is 0 Å². The quantitative estimate of drug-likeness (QED) is 0.475. The van der Waals surface area contributed by atoms with Crippen molar-refractivity contribution in [3.8, 4) is 0 Å². The number of ether oxygens (including phenoxy) is 1. The maximum atomic E-state index is 12.9. The lowest BCUT2D eigenvalue weighted by molar-refractivity contribution is 0.123. The first-order valence-electron chi connectivity index (χ1n) is 10.2. The highest BCUT2D eigenvalue weighted by Crippen LogP contribution is 2.19. The zero-order valence-electron chi connectivity index (χ0n) is 18.1. The van der Waals surface area contributed by atoms with Gasteiger partial charge < -0.3 is 9.30 Å². The molecule has 0 amide bonds. The van der Waals surface area contributed by atoms with Crippen molar-refractivity contribution in [3.63, 3.8) is 0 Å². The number of unbranched alkanes of at least 4 members (excludes halogenated alkanes) is 1. The molecule has 0 fully saturated rings. The standard InChI is InChI=1S/C20H39N3O3S/c1-7-8-11-23-19(16-22(18(4)5)12-13-26-6)15-21-20(23)27(24,25)14-9-10-17(2)3/h15,17-18H,7-14,16H2,1-6H3. The Bertz CT molecular complexity index is 639. The molecule has 1 rings (SSSR count). The van der Waals surface area contributed by atoms with Crippen LogP contribution in [-0.2, 0) is 27.7 Å². The van der Waals surface area contributed by atoms with Crippen molar-refractivity contribution >= 4 is 9.84 Å². The third kappa shape index (κ3) is 7.92. The number of imidazole rings is 1. The van der Waals surface area contributed by atoms with E-state index in [1.54, 1.807) is 13.3 Å². The van der Waals surface area contributed by atoms with Crippen LogP contribution in [0.15, 0.2) is 11.4 Å². The molecule has 1 aromatic heterocycles. The van der Waals surface area contributed by atoms with E-state index >= 15 is 0 Å². The average Bonchev–Trinajstić information content (AvgIpc) is 2.99. The molecule has 0 atom stereocenters. The summed E-state index contributed by atoms with van der Waals surface area (Å²) in [7, 11) is -1.66. The third-order valence-corrected chi connectivity index (χ3v) is 6.50. The molecule has 0 N–H and O–H groups in total. The number of sulfone groups is 1. The Morgan fingerprint density at radius 2 is 1.93 bits per heavy atom. The van der Waals surface area contributed by atoms with Crippen molar-refractivity contribution in [2.45, 2.75) is 84.6 Å². The van der Waals surface area contributed by atoms with Crippen molar-refractivity contribution in [1.82, 2.24) is 14.5 Å². The molecule has 0 aliphatic carbocycles. The van der Waals surface area contributed by atoms with Crippen LogP contribution < -0.4 is 0 Å². The molecule has 1 heterocycles. The third-order valence-electron chi connectivity index (χ3n) is 4.79. The van der Waals surface area contributed by atoms with E-state index in [-0.39, 0.29) is 10.9 Å². The summed E-state index contributed by atoms with van der Waals surface area (Å²) in [6.07, 6.45) is 5.30. The second-order valence-electron chi connectivity index (χ2n) is 7.95. The summed E-state index contributed by atoms with van der Waals surface area (Å²) in [5.74, 6) is 0.682. The van der Waals surface area contributed by atoms with Crippen molar-refractivity contribution < 1.29 is 13.2 Å². The van der Waals surface area contributed by atoms with Gasteiger partial charge in [0.05, 0.1) is 24.3 Å². The number of nitrogens with zero attached hydrogens (tertiary/aromatic N) is 3. The van der Waals surface area contributed by atoms with Gasteiger partial charge in [-0.3, -0.25) is 4.90 Å². The summed E-state index contributed by atoms with van der Waals surface area (Å²) in [4.78, 5) is 6.64. The summed E-state index contributed by atoms with van der Waals surface area (Å²) < 4.78 is 32.9. The van der Waals surface area contributed by atoms with E-state index in [1.807, 2.05) is 4.57 Å². The van der Waals surface area contributed by atoms with Crippen LogP contribution in [0.2, 0.25) is 0 Å². The first kappa shape index (κ1) is 24.1. The number of hydrogen-bond donors (Lipinski definition) is 0. The van der Waals surface area contributed by atoms with Gasteiger partial charge in [-0.25, -0.2) is 13.4 Å². The summed E-state index contributed by atoms with van der Waals surface area (Å²) in [6, 6.07) is 0.348. The minimum absolute atomic E-state index is 0.172. The first-order chi connectivity index (χ1) is 12.7. The Labute approximate surface area is 166 Å². The molecule has 6 nitrogen and oxygen atoms in total. The lowest BCUT2D eigenvalue weighted by atomic mass is 10.1. The van der Waals surface area contributed by atoms with Crippen molar-refractivity contribution in [1.29, 1.82) is 0 Å². The minimum atomic E-state index is -3.36. The molecule has 7 heteroatoms. The highest BCUT2D eigenvalue weighted by molar-refractivity contribution is 7.91. The van der Waals surface area contributed by atoms with E-state index in [4.69, 9.17) is 4.74 Å². The smallest absolute Gasteiger partial charge is 0.227 e. The molecule has 0 bridgehead atoms. The van der Waals surface area contributed by atoms with Gasteiger partial charge in [-0.1, -0.05) is 27.2 Å².